The van der Waals surface area contributed by atoms with Gasteiger partial charge >= 0.3 is 12.1 Å². The number of benzene rings is 2. The summed E-state index contributed by atoms with van der Waals surface area (Å²) < 4.78 is 38.2. The van der Waals surface area contributed by atoms with Gasteiger partial charge in [0.15, 0.2) is 0 Å². The van der Waals surface area contributed by atoms with E-state index in [1.54, 1.807) is 30.1 Å². The minimum absolute atomic E-state index is 0.208. The molecule has 0 saturated heterocycles. The number of carbonyl (C=O) groups is 1. The van der Waals surface area contributed by atoms with Crippen LogP contribution in [0.4, 0.5) is 18.9 Å². The summed E-state index contributed by atoms with van der Waals surface area (Å²) in [7, 11) is 1.72. The molecular formula is C17H16F3NO2. The Kier molecular flexibility index (Phi) is 4.93. The second kappa shape index (κ2) is 6.73. The monoisotopic (exact) mass is 323 g/mol. The molecule has 0 unspecified atom stereocenters. The first-order valence-electron chi connectivity index (χ1n) is 6.98. The van der Waals surface area contributed by atoms with Crippen molar-refractivity contribution < 1.29 is 23.1 Å². The third kappa shape index (κ3) is 4.48. The maximum absolute atomic E-state index is 12.7. The predicted octanol–water partition coefficient (Wildman–Crippen LogP) is 4.08. The zero-order valence-electron chi connectivity index (χ0n) is 12.5. The van der Waals surface area contributed by atoms with Gasteiger partial charge in [0.1, 0.15) is 0 Å². The Balaban J connectivity index is 2.02. The second-order valence-electron chi connectivity index (χ2n) is 5.22. The molecule has 0 saturated carbocycles. The van der Waals surface area contributed by atoms with Crippen molar-refractivity contribution in [3.05, 3.63) is 65.2 Å². The fourth-order valence-corrected chi connectivity index (χ4v) is 2.16. The van der Waals surface area contributed by atoms with Crippen molar-refractivity contribution in [2.75, 3.05) is 18.5 Å². The minimum atomic E-state index is -4.36. The molecule has 1 N–H and O–H groups in total. The normalized spacial score (nSPS) is 11.3. The fraction of sp³-hybridized carbons (Fsp3) is 0.235. The summed E-state index contributed by atoms with van der Waals surface area (Å²) in [4.78, 5) is 12.5. The van der Waals surface area contributed by atoms with Gasteiger partial charge in [0.2, 0.25) is 0 Å². The summed E-state index contributed by atoms with van der Waals surface area (Å²) in [5.41, 5.74) is 0.948. The molecule has 0 aliphatic heterocycles. The van der Waals surface area contributed by atoms with Crippen LogP contribution >= 0.6 is 0 Å². The molecule has 0 amide bonds. The van der Waals surface area contributed by atoms with E-state index in [2.05, 4.69) is 0 Å². The van der Waals surface area contributed by atoms with Crippen LogP contribution < -0.4 is 4.90 Å². The first-order valence-corrected chi connectivity index (χ1v) is 6.98. The van der Waals surface area contributed by atoms with E-state index in [4.69, 9.17) is 5.11 Å². The standard InChI is InChI=1S/C17H16F3NO2/c1-21(15-4-2-3-14(11-15)17(18,19)20)10-9-12-5-7-13(8-6-12)16(22)23/h2-8,11H,9-10H2,1H3,(H,22,23). The van der Waals surface area contributed by atoms with E-state index in [1.165, 1.54) is 18.2 Å². The summed E-state index contributed by atoms with van der Waals surface area (Å²) in [5, 5.41) is 8.83. The van der Waals surface area contributed by atoms with Crippen molar-refractivity contribution >= 4 is 11.7 Å². The molecule has 0 spiro atoms. The first kappa shape index (κ1) is 16.9. The molecule has 0 heterocycles. The lowest BCUT2D eigenvalue weighted by molar-refractivity contribution is -0.137. The number of likely N-dealkylation sites (N-methyl/N-ethyl adjacent to an activating group) is 1. The van der Waals surface area contributed by atoms with Crippen LogP contribution in [0.25, 0.3) is 0 Å². The Morgan fingerprint density at radius 3 is 2.35 bits per heavy atom. The maximum Gasteiger partial charge on any atom is 0.416 e. The van der Waals surface area contributed by atoms with E-state index in [-0.39, 0.29) is 5.56 Å². The molecule has 3 nitrogen and oxygen atoms in total. The molecule has 6 heteroatoms. The average Bonchev–Trinajstić information content (AvgIpc) is 2.52. The molecule has 0 fully saturated rings. The quantitative estimate of drug-likeness (QED) is 0.901. The van der Waals surface area contributed by atoms with Gasteiger partial charge in [-0.2, -0.15) is 13.2 Å². The highest BCUT2D eigenvalue weighted by Crippen LogP contribution is 2.31. The minimum Gasteiger partial charge on any atom is -0.478 e. The van der Waals surface area contributed by atoms with Gasteiger partial charge < -0.3 is 10.0 Å². The molecule has 23 heavy (non-hydrogen) atoms. The van der Waals surface area contributed by atoms with Crippen molar-refractivity contribution in [1.29, 1.82) is 0 Å². The molecule has 2 aromatic rings. The molecule has 0 aliphatic carbocycles. The molecular weight excluding hydrogens is 307 g/mol. The van der Waals surface area contributed by atoms with Crippen molar-refractivity contribution in [2.45, 2.75) is 12.6 Å². The summed E-state index contributed by atoms with van der Waals surface area (Å²) >= 11 is 0. The van der Waals surface area contributed by atoms with Crippen LogP contribution in [0.3, 0.4) is 0 Å². The third-order valence-electron chi connectivity index (χ3n) is 3.55. The Bertz CT molecular complexity index is 681. The van der Waals surface area contributed by atoms with Gasteiger partial charge in [-0.05, 0) is 42.3 Å². The number of aromatic carboxylic acids is 1. The smallest absolute Gasteiger partial charge is 0.416 e. The van der Waals surface area contributed by atoms with Crippen molar-refractivity contribution in [1.82, 2.24) is 0 Å². The number of halogens is 3. The lowest BCUT2D eigenvalue weighted by atomic mass is 10.1. The topological polar surface area (TPSA) is 40.5 Å². The van der Waals surface area contributed by atoms with E-state index in [1.807, 2.05) is 0 Å². The molecule has 0 atom stereocenters. The van der Waals surface area contributed by atoms with E-state index >= 15 is 0 Å². The van der Waals surface area contributed by atoms with Crippen LogP contribution in [0.2, 0.25) is 0 Å². The van der Waals surface area contributed by atoms with Crippen molar-refractivity contribution in [3.63, 3.8) is 0 Å². The number of nitrogens with zero attached hydrogens (tertiary/aromatic N) is 1. The predicted molar refractivity (Wildman–Crippen MR) is 81.8 cm³/mol. The van der Waals surface area contributed by atoms with E-state index in [9.17, 15) is 18.0 Å². The number of carboxylic acids is 1. The molecule has 122 valence electrons. The zero-order valence-corrected chi connectivity index (χ0v) is 12.5. The summed E-state index contributed by atoms with van der Waals surface area (Å²) in [5.74, 6) is -0.988. The van der Waals surface area contributed by atoms with Crippen molar-refractivity contribution in [2.24, 2.45) is 0 Å². The molecule has 0 bridgehead atoms. The molecule has 0 radical (unpaired) electrons. The summed E-state index contributed by atoms with van der Waals surface area (Å²) in [6, 6.07) is 11.6. The lowest BCUT2D eigenvalue weighted by Crippen LogP contribution is -2.21. The van der Waals surface area contributed by atoms with Gasteiger partial charge in [-0.1, -0.05) is 18.2 Å². The van der Waals surface area contributed by atoms with E-state index < -0.39 is 17.7 Å². The number of alkyl halides is 3. The Morgan fingerprint density at radius 1 is 1.13 bits per heavy atom. The van der Waals surface area contributed by atoms with Crippen molar-refractivity contribution in [3.8, 4) is 0 Å². The van der Waals surface area contributed by atoms with Crippen LogP contribution in [0.1, 0.15) is 21.5 Å². The van der Waals surface area contributed by atoms with Crippen LogP contribution in [0.5, 0.6) is 0 Å². The highest BCUT2D eigenvalue weighted by Gasteiger charge is 2.30. The Morgan fingerprint density at radius 2 is 1.78 bits per heavy atom. The molecule has 2 aromatic carbocycles. The van der Waals surface area contributed by atoms with Gasteiger partial charge in [-0.15, -0.1) is 0 Å². The highest BCUT2D eigenvalue weighted by atomic mass is 19.4. The van der Waals surface area contributed by atoms with Gasteiger partial charge in [0, 0.05) is 19.3 Å². The lowest BCUT2D eigenvalue weighted by Gasteiger charge is -2.20. The first-order chi connectivity index (χ1) is 10.8. The van der Waals surface area contributed by atoms with Crippen LogP contribution in [0.15, 0.2) is 48.5 Å². The Hall–Kier alpha value is -2.50. The number of anilines is 1. The maximum atomic E-state index is 12.7. The van der Waals surface area contributed by atoms with Gasteiger partial charge in [-0.25, -0.2) is 4.79 Å². The molecule has 0 aromatic heterocycles. The van der Waals surface area contributed by atoms with Gasteiger partial charge in [-0.3, -0.25) is 0 Å². The number of carboxylic acid groups (broad SMARTS) is 1. The van der Waals surface area contributed by atoms with Gasteiger partial charge in [0.25, 0.3) is 0 Å². The number of hydrogen-bond donors (Lipinski definition) is 1. The average molecular weight is 323 g/mol. The van der Waals surface area contributed by atoms with E-state index in [0.29, 0.717) is 18.7 Å². The SMILES string of the molecule is CN(CCc1ccc(C(=O)O)cc1)c1cccc(C(F)(F)F)c1. The van der Waals surface area contributed by atoms with E-state index in [0.717, 1.165) is 17.7 Å². The summed E-state index contributed by atoms with van der Waals surface area (Å²) in [6.45, 7) is 0.522. The largest absolute Gasteiger partial charge is 0.478 e. The molecule has 0 aliphatic rings. The van der Waals surface area contributed by atoms with Crippen LogP contribution in [-0.4, -0.2) is 24.7 Å². The zero-order chi connectivity index (χ0) is 17.0. The highest BCUT2D eigenvalue weighted by molar-refractivity contribution is 5.87. The molecule has 2 rings (SSSR count). The number of hydrogen-bond acceptors (Lipinski definition) is 2. The third-order valence-corrected chi connectivity index (χ3v) is 3.55. The fourth-order valence-electron chi connectivity index (χ4n) is 2.16. The Labute approximate surface area is 132 Å². The summed E-state index contributed by atoms with van der Waals surface area (Å²) in [6.07, 6.45) is -3.75. The van der Waals surface area contributed by atoms with Crippen LogP contribution in [-0.2, 0) is 12.6 Å². The van der Waals surface area contributed by atoms with Crippen LogP contribution in [0, 0.1) is 0 Å². The second-order valence-corrected chi connectivity index (χ2v) is 5.22. The van der Waals surface area contributed by atoms with Gasteiger partial charge in [0.05, 0.1) is 11.1 Å². The number of rotatable bonds is 5.